The van der Waals surface area contributed by atoms with Gasteiger partial charge in [-0.1, -0.05) is 46.5 Å². The number of hydrogen-bond donors (Lipinski definition) is 0. The zero-order valence-corrected chi connectivity index (χ0v) is 10.8. The van der Waals surface area contributed by atoms with Crippen LogP contribution < -0.4 is 0 Å². The highest BCUT2D eigenvalue weighted by Crippen LogP contribution is 2.46. The first-order valence-corrected chi connectivity index (χ1v) is 7.18. The predicted molar refractivity (Wildman–Crippen MR) is 66.8 cm³/mol. The molecule has 0 aromatic rings. The highest BCUT2D eigenvalue weighted by Gasteiger charge is 2.36. The third kappa shape index (κ3) is 2.57. The summed E-state index contributed by atoms with van der Waals surface area (Å²) < 4.78 is 0. The standard InChI is InChI=1S/C15H28/c1-11(2)14-7-5-4-6-13-9-8-12(3)10-15(13)14/h11-15H,4-10H2,1-3H3. The fraction of sp³-hybridized carbons (Fsp3) is 1.00. The van der Waals surface area contributed by atoms with Crippen LogP contribution >= 0.6 is 0 Å². The Balaban J connectivity index is 2.09. The maximum absolute atomic E-state index is 2.47. The largest absolute Gasteiger partial charge is 0.0625 e. The fourth-order valence-electron chi connectivity index (χ4n) is 4.20. The van der Waals surface area contributed by atoms with Crippen molar-refractivity contribution in [2.45, 2.75) is 65.7 Å². The van der Waals surface area contributed by atoms with Crippen LogP contribution in [-0.2, 0) is 0 Å². The Labute approximate surface area is 95.8 Å². The molecule has 4 atom stereocenters. The van der Waals surface area contributed by atoms with E-state index in [1.54, 1.807) is 6.42 Å². The zero-order chi connectivity index (χ0) is 10.8. The van der Waals surface area contributed by atoms with Crippen molar-refractivity contribution in [1.29, 1.82) is 0 Å². The molecule has 2 aliphatic carbocycles. The molecule has 0 nitrogen and oxygen atoms in total. The lowest BCUT2D eigenvalue weighted by Crippen LogP contribution is -2.31. The molecule has 15 heavy (non-hydrogen) atoms. The molecule has 88 valence electrons. The Kier molecular flexibility index (Phi) is 3.74. The van der Waals surface area contributed by atoms with Crippen molar-refractivity contribution in [2.24, 2.45) is 29.6 Å². The summed E-state index contributed by atoms with van der Waals surface area (Å²) >= 11 is 0. The van der Waals surface area contributed by atoms with Gasteiger partial charge in [0, 0.05) is 0 Å². The van der Waals surface area contributed by atoms with Crippen LogP contribution in [0.15, 0.2) is 0 Å². The van der Waals surface area contributed by atoms with E-state index in [0.29, 0.717) is 0 Å². The van der Waals surface area contributed by atoms with Gasteiger partial charge in [-0.25, -0.2) is 0 Å². The summed E-state index contributed by atoms with van der Waals surface area (Å²) in [6.45, 7) is 7.37. The van der Waals surface area contributed by atoms with Gasteiger partial charge in [-0.05, 0) is 48.9 Å². The van der Waals surface area contributed by atoms with Gasteiger partial charge in [-0.2, -0.15) is 0 Å². The van der Waals surface area contributed by atoms with Crippen LogP contribution in [0.5, 0.6) is 0 Å². The average molecular weight is 208 g/mol. The second-order valence-electron chi connectivity index (χ2n) is 6.53. The smallest absolute Gasteiger partial charge is 0.0352 e. The molecule has 0 aromatic carbocycles. The summed E-state index contributed by atoms with van der Waals surface area (Å²) in [7, 11) is 0. The van der Waals surface area contributed by atoms with Crippen LogP contribution in [0.25, 0.3) is 0 Å². The summed E-state index contributed by atoms with van der Waals surface area (Å²) in [5.74, 6) is 5.14. The van der Waals surface area contributed by atoms with E-state index in [4.69, 9.17) is 0 Å². The molecule has 2 rings (SSSR count). The fourth-order valence-corrected chi connectivity index (χ4v) is 4.20. The van der Waals surface area contributed by atoms with Crippen LogP contribution in [0.1, 0.15) is 65.7 Å². The molecule has 0 heteroatoms. The first kappa shape index (κ1) is 11.5. The first-order valence-electron chi connectivity index (χ1n) is 7.18. The Bertz CT molecular complexity index is 194. The quantitative estimate of drug-likeness (QED) is 0.576. The van der Waals surface area contributed by atoms with Crippen LogP contribution in [0.3, 0.4) is 0 Å². The normalized spacial score (nSPS) is 42.4. The van der Waals surface area contributed by atoms with Crippen molar-refractivity contribution in [3.05, 3.63) is 0 Å². The van der Waals surface area contributed by atoms with Crippen molar-refractivity contribution >= 4 is 0 Å². The molecule has 0 N–H and O–H groups in total. The second-order valence-corrected chi connectivity index (χ2v) is 6.53. The van der Waals surface area contributed by atoms with E-state index in [-0.39, 0.29) is 0 Å². The lowest BCUT2D eigenvalue weighted by Gasteiger charge is -2.40. The summed E-state index contributed by atoms with van der Waals surface area (Å²) in [5, 5.41) is 0. The lowest BCUT2D eigenvalue weighted by atomic mass is 9.66. The summed E-state index contributed by atoms with van der Waals surface area (Å²) in [6, 6.07) is 0. The number of fused-ring (bicyclic) bond motifs is 1. The summed E-state index contributed by atoms with van der Waals surface area (Å²) in [4.78, 5) is 0. The van der Waals surface area contributed by atoms with Crippen LogP contribution in [-0.4, -0.2) is 0 Å². The molecule has 0 aliphatic heterocycles. The third-order valence-corrected chi connectivity index (χ3v) is 5.08. The summed E-state index contributed by atoms with van der Waals surface area (Å²) in [5.41, 5.74) is 0. The topological polar surface area (TPSA) is 0 Å². The number of hydrogen-bond acceptors (Lipinski definition) is 0. The molecule has 0 spiro atoms. The van der Waals surface area contributed by atoms with Crippen molar-refractivity contribution in [1.82, 2.24) is 0 Å². The third-order valence-electron chi connectivity index (χ3n) is 5.08. The van der Waals surface area contributed by atoms with E-state index in [2.05, 4.69) is 20.8 Å². The highest BCUT2D eigenvalue weighted by molar-refractivity contribution is 4.86. The van der Waals surface area contributed by atoms with Gasteiger partial charge >= 0.3 is 0 Å². The van der Waals surface area contributed by atoms with E-state index in [1.807, 2.05) is 0 Å². The predicted octanol–water partition coefficient (Wildman–Crippen LogP) is 4.89. The van der Waals surface area contributed by atoms with Crippen molar-refractivity contribution in [3.63, 3.8) is 0 Å². The molecular formula is C15H28. The SMILES string of the molecule is CC1CCC2CCCCC(C(C)C)C2C1. The van der Waals surface area contributed by atoms with Crippen molar-refractivity contribution in [2.75, 3.05) is 0 Å². The molecule has 4 unspecified atom stereocenters. The van der Waals surface area contributed by atoms with Gasteiger partial charge in [0.1, 0.15) is 0 Å². The maximum Gasteiger partial charge on any atom is -0.0352 e. The Morgan fingerprint density at radius 1 is 0.933 bits per heavy atom. The lowest BCUT2D eigenvalue weighted by molar-refractivity contribution is 0.102. The van der Waals surface area contributed by atoms with Gasteiger partial charge in [0.25, 0.3) is 0 Å². The van der Waals surface area contributed by atoms with E-state index in [0.717, 1.165) is 29.6 Å². The van der Waals surface area contributed by atoms with Gasteiger partial charge in [0.2, 0.25) is 0 Å². The van der Waals surface area contributed by atoms with Gasteiger partial charge in [-0.15, -0.1) is 0 Å². The van der Waals surface area contributed by atoms with Gasteiger partial charge in [-0.3, -0.25) is 0 Å². The van der Waals surface area contributed by atoms with Crippen LogP contribution in [0.2, 0.25) is 0 Å². The second kappa shape index (κ2) is 4.89. The van der Waals surface area contributed by atoms with E-state index >= 15 is 0 Å². The Morgan fingerprint density at radius 3 is 2.40 bits per heavy atom. The molecule has 0 saturated heterocycles. The molecule has 0 amide bonds. The molecule has 0 radical (unpaired) electrons. The van der Waals surface area contributed by atoms with Gasteiger partial charge in [0.15, 0.2) is 0 Å². The molecule has 0 bridgehead atoms. The van der Waals surface area contributed by atoms with Crippen molar-refractivity contribution < 1.29 is 0 Å². The molecule has 2 saturated carbocycles. The Hall–Kier alpha value is 0. The van der Waals surface area contributed by atoms with Crippen LogP contribution in [0.4, 0.5) is 0 Å². The highest BCUT2D eigenvalue weighted by atomic mass is 14.4. The van der Waals surface area contributed by atoms with Crippen LogP contribution in [0, 0.1) is 29.6 Å². The summed E-state index contributed by atoms with van der Waals surface area (Å²) in [6.07, 6.45) is 10.7. The zero-order valence-electron chi connectivity index (χ0n) is 10.8. The van der Waals surface area contributed by atoms with E-state index in [9.17, 15) is 0 Å². The first-order chi connectivity index (χ1) is 7.18. The van der Waals surface area contributed by atoms with E-state index in [1.165, 1.54) is 38.5 Å². The molecule has 2 fully saturated rings. The van der Waals surface area contributed by atoms with E-state index < -0.39 is 0 Å². The molecule has 2 aliphatic rings. The molecule has 0 heterocycles. The van der Waals surface area contributed by atoms with Gasteiger partial charge < -0.3 is 0 Å². The maximum atomic E-state index is 2.47. The molecule has 0 aromatic heterocycles. The minimum Gasteiger partial charge on any atom is -0.0625 e. The minimum absolute atomic E-state index is 0.917. The minimum atomic E-state index is 0.917. The molecular weight excluding hydrogens is 180 g/mol. The number of rotatable bonds is 1. The average Bonchev–Trinajstić information content (AvgIpc) is 2.39. The van der Waals surface area contributed by atoms with Gasteiger partial charge in [0.05, 0.1) is 0 Å². The monoisotopic (exact) mass is 208 g/mol. The Morgan fingerprint density at radius 2 is 1.67 bits per heavy atom. The van der Waals surface area contributed by atoms with Crippen molar-refractivity contribution in [3.8, 4) is 0 Å².